The molecule has 10 nitrogen and oxygen atoms in total. The van der Waals surface area contributed by atoms with E-state index in [1.165, 1.54) is 0 Å². The van der Waals surface area contributed by atoms with Crippen molar-refractivity contribution in [2.75, 3.05) is 26.2 Å². The van der Waals surface area contributed by atoms with Crippen molar-refractivity contribution < 1.29 is 23.1 Å². The Morgan fingerprint density at radius 3 is 2.29 bits per heavy atom. The highest BCUT2D eigenvalue weighted by Gasteiger charge is 2.59. The number of nitrogens with one attached hydrogen (secondary N) is 1. The van der Waals surface area contributed by atoms with Crippen molar-refractivity contribution in [2.24, 2.45) is 16.7 Å². The van der Waals surface area contributed by atoms with E-state index < -0.39 is 17.6 Å². The van der Waals surface area contributed by atoms with Crippen LogP contribution in [0.4, 0.5) is 18.0 Å². The Morgan fingerprint density at radius 1 is 1.09 bits per heavy atom. The van der Waals surface area contributed by atoms with Crippen LogP contribution in [0.1, 0.15) is 62.0 Å². The van der Waals surface area contributed by atoms with Gasteiger partial charge in [-0.25, -0.2) is 19.4 Å². The fourth-order valence-electron chi connectivity index (χ4n) is 6.73. The van der Waals surface area contributed by atoms with Crippen molar-refractivity contribution in [3.05, 3.63) is 23.8 Å². The number of nitrogens with zero attached hydrogens (tertiary/aromatic N) is 7. The number of amides is 2. The maximum Gasteiger partial charge on any atom is 0.451 e. The Hall–Kier alpha value is -2.70. The minimum absolute atomic E-state index is 0.0935. The lowest BCUT2D eigenvalue weighted by atomic mass is 9.57. The van der Waals surface area contributed by atoms with Crippen molar-refractivity contribution >= 4 is 6.03 Å². The molecule has 188 valence electrons. The summed E-state index contributed by atoms with van der Waals surface area (Å²) in [5, 5.41) is 20.3. The van der Waals surface area contributed by atoms with Crippen LogP contribution >= 0.6 is 0 Å². The van der Waals surface area contributed by atoms with E-state index in [9.17, 15) is 23.1 Å². The van der Waals surface area contributed by atoms with Crippen LogP contribution in [0.25, 0.3) is 0 Å². The molecule has 2 saturated heterocycles. The van der Waals surface area contributed by atoms with Gasteiger partial charge in [0.1, 0.15) is 11.9 Å². The van der Waals surface area contributed by atoms with Crippen molar-refractivity contribution in [1.82, 2.24) is 39.7 Å². The second kappa shape index (κ2) is 6.74. The topological polar surface area (TPSA) is 116 Å². The Balaban J connectivity index is 0.845. The highest BCUT2D eigenvalue weighted by atomic mass is 19.4. The summed E-state index contributed by atoms with van der Waals surface area (Å²) >= 11 is 0. The third-order valence-electron chi connectivity index (χ3n) is 8.72. The average Bonchev–Trinajstić information content (AvgIpc) is 3.10. The Labute approximate surface area is 198 Å². The molecule has 0 unspecified atom stereocenters. The lowest BCUT2D eigenvalue weighted by molar-refractivity contribution is -0.144. The van der Waals surface area contributed by atoms with Gasteiger partial charge in [0.2, 0.25) is 5.82 Å². The summed E-state index contributed by atoms with van der Waals surface area (Å²) in [7, 11) is 0. The molecule has 2 N–H and O–H groups in total. The first-order chi connectivity index (χ1) is 16.5. The molecule has 2 amide bonds. The normalized spacial score (nSPS) is 26.3. The van der Waals surface area contributed by atoms with E-state index in [1.54, 1.807) is 6.33 Å². The fourth-order valence-corrected chi connectivity index (χ4v) is 6.73. The quantitative estimate of drug-likeness (QED) is 0.676. The summed E-state index contributed by atoms with van der Waals surface area (Å²) in [5.41, 5.74) is -0.517. The number of halogens is 3. The number of alkyl halides is 3. The van der Waals surface area contributed by atoms with Crippen LogP contribution in [-0.2, 0) is 18.2 Å². The molecule has 2 aromatic rings. The van der Waals surface area contributed by atoms with Crippen LogP contribution < -0.4 is 0 Å². The molecule has 0 aromatic carbocycles. The van der Waals surface area contributed by atoms with E-state index >= 15 is 0 Å². The second-order valence-corrected chi connectivity index (χ2v) is 11.7. The maximum absolute atomic E-state index is 12.9. The number of aliphatic hydroxyl groups is 1. The third-order valence-corrected chi connectivity index (χ3v) is 8.72. The summed E-state index contributed by atoms with van der Waals surface area (Å²) in [4.78, 5) is 24.5. The van der Waals surface area contributed by atoms with Gasteiger partial charge in [-0.3, -0.25) is 5.10 Å². The van der Waals surface area contributed by atoms with Gasteiger partial charge < -0.3 is 14.9 Å². The highest BCUT2D eigenvalue weighted by molar-refractivity contribution is 5.77. The van der Waals surface area contributed by atoms with E-state index in [4.69, 9.17) is 0 Å². The predicted molar refractivity (Wildman–Crippen MR) is 113 cm³/mol. The molecule has 35 heavy (non-hydrogen) atoms. The van der Waals surface area contributed by atoms with E-state index in [0.29, 0.717) is 12.2 Å². The van der Waals surface area contributed by atoms with Crippen LogP contribution in [0.3, 0.4) is 0 Å². The first kappa shape index (κ1) is 21.6. The molecule has 0 atom stereocenters. The van der Waals surface area contributed by atoms with E-state index in [2.05, 4.69) is 20.2 Å². The predicted octanol–water partition coefficient (Wildman–Crippen LogP) is 2.11. The van der Waals surface area contributed by atoms with Crippen molar-refractivity contribution in [2.45, 2.75) is 62.8 Å². The number of rotatable bonds is 4. The molecular formula is C22H27F3N8O2. The summed E-state index contributed by atoms with van der Waals surface area (Å²) in [6, 6.07) is 0.377. The minimum Gasteiger partial charge on any atom is -0.382 e. The number of aromatic nitrogens is 6. The van der Waals surface area contributed by atoms with E-state index in [0.717, 1.165) is 64.7 Å². The fraction of sp³-hybridized carbons (Fsp3) is 0.773. The van der Waals surface area contributed by atoms with Gasteiger partial charge in [0, 0.05) is 43.4 Å². The molecule has 0 bridgehead atoms. The molecule has 3 aliphatic carbocycles. The van der Waals surface area contributed by atoms with Gasteiger partial charge in [-0.2, -0.15) is 23.4 Å². The minimum atomic E-state index is -4.50. The standard InChI is InChI=1S/C22H27F3N8O2/c23-22(24,25)17-27-15(28-29-17)3-13-4-19(5-13)8-31(9-19)18(34)32-10-20(11-32)6-14(7-20)33-12-26-16(30-33)21(35)1-2-21/h12-14,35H,1-11H2,(H,27,28,29). The summed E-state index contributed by atoms with van der Waals surface area (Å²) in [5.74, 6) is -0.0451. The zero-order chi connectivity index (χ0) is 24.2. The molecule has 7 rings (SSSR count). The number of H-pyrrole nitrogens is 1. The zero-order valence-electron chi connectivity index (χ0n) is 19.1. The second-order valence-electron chi connectivity index (χ2n) is 11.7. The van der Waals surface area contributed by atoms with Crippen molar-refractivity contribution in [1.29, 1.82) is 0 Å². The summed E-state index contributed by atoms with van der Waals surface area (Å²) in [6.07, 6.45) is 2.84. The Kier molecular flexibility index (Phi) is 4.15. The average molecular weight is 493 g/mol. The molecule has 2 aromatic heterocycles. The number of carbonyl (C=O) groups excluding carboxylic acids is 1. The molecule has 13 heteroatoms. The molecule has 4 heterocycles. The van der Waals surface area contributed by atoms with Gasteiger partial charge in [-0.1, -0.05) is 0 Å². The summed E-state index contributed by atoms with van der Waals surface area (Å²) < 4.78 is 39.9. The summed E-state index contributed by atoms with van der Waals surface area (Å²) in [6.45, 7) is 2.99. The van der Waals surface area contributed by atoms with E-state index in [1.807, 2.05) is 19.6 Å². The smallest absolute Gasteiger partial charge is 0.382 e. The third kappa shape index (κ3) is 3.45. The van der Waals surface area contributed by atoms with E-state index in [-0.39, 0.29) is 34.6 Å². The largest absolute Gasteiger partial charge is 0.451 e. The van der Waals surface area contributed by atoms with Crippen molar-refractivity contribution in [3.63, 3.8) is 0 Å². The van der Waals surface area contributed by atoms with Gasteiger partial charge in [0.05, 0.1) is 6.04 Å². The Morgan fingerprint density at radius 2 is 1.71 bits per heavy atom. The van der Waals surface area contributed by atoms with Gasteiger partial charge in [-0.15, -0.1) is 0 Å². The number of aromatic amines is 1. The number of carbonyl (C=O) groups is 1. The van der Waals surface area contributed by atoms with Crippen LogP contribution in [-0.4, -0.2) is 77.1 Å². The molecule has 0 radical (unpaired) electrons. The van der Waals surface area contributed by atoms with Gasteiger partial charge >= 0.3 is 12.2 Å². The molecule has 3 saturated carbocycles. The molecule has 2 spiro atoms. The molecule has 2 aliphatic heterocycles. The monoisotopic (exact) mass is 492 g/mol. The Bertz CT molecular complexity index is 1160. The highest BCUT2D eigenvalue weighted by Crippen LogP contribution is 2.56. The van der Waals surface area contributed by atoms with Gasteiger partial charge in [0.15, 0.2) is 11.6 Å². The number of urea groups is 1. The maximum atomic E-state index is 12.9. The number of hydrogen-bond acceptors (Lipinski definition) is 6. The number of likely N-dealkylation sites (tertiary alicyclic amines) is 2. The molecule has 5 aliphatic rings. The first-order valence-corrected chi connectivity index (χ1v) is 12.2. The molecular weight excluding hydrogens is 465 g/mol. The van der Waals surface area contributed by atoms with Crippen LogP contribution in [0.2, 0.25) is 0 Å². The van der Waals surface area contributed by atoms with Gasteiger partial charge in [0.25, 0.3) is 0 Å². The zero-order valence-corrected chi connectivity index (χ0v) is 19.1. The van der Waals surface area contributed by atoms with Crippen LogP contribution in [0.5, 0.6) is 0 Å². The first-order valence-electron chi connectivity index (χ1n) is 12.2. The van der Waals surface area contributed by atoms with Gasteiger partial charge in [-0.05, 0) is 44.4 Å². The van der Waals surface area contributed by atoms with Crippen LogP contribution in [0, 0.1) is 16.7 Å². The van der Waals surface area contributed by atoms with Crippen molar-refractivity contribution in [3.8, 4) is 0 Å². The SMILES string of the molecule is O=C(N1CC2(CC(Cc3n[nH]c(C(F)(F)F)n3)C2)C1)N1CC2(CC(n3cnc(C4(O)CC4)n3)C2)C1. The molecule has 5 fully saturated rings. The number of hydrogen-bond donors (Lipinski definition) is 2. The lowest BCUT2D eigenvalue weighted by Crippen LogP contribution is -2.71. The van der Waals surface area contributed by atoms with Crippen LogP contribution in [0.15, 0.2) is 6.33 Å². The lowest BCUT2D eigenvalue weighted by Gasteiger charge is -2.63.